The Labute approximate surface area is 158 Å². The van der Waals surface area contributed by atoms with E-state index in [0.29, 0.717) is 24.5 Å². The third kappa shape index (κ3) is 4.88. The number of rotatable bonds is 6. The van der Waals surface area contributed by atoms with Gasteiger partial charge in [0, 0.05) is 30.9 Å². The van der Waals surface area contributed by atoms with E-state index in [9.17, 15) is 18.7 Å². The van der Waals surface area contributed by atoms with Gasteiger partial charge in [-0.2, -0.15) is 0 Å². The molecule has 148 valence electrons. The topological polar surface area (TPSA) is 77.3 Å². The number of aliphatic imine (C=N–C) groups is 2. The number of halogens is 2. The zero-order valence-corrected chi connectivity index (χ0v) is 15.8. The summed E-state index contributed by atoms with van der Waals surface area (Å²) in [5, 5.41) is 12.3. The van der Waals surface area contributed by atoms with Gasteiger partial charge in [-0.3, -0.25) is 14.8 Å². The second-order valence-corrected chi connectivity index (χ2v) is 6.84. The first-order valence-electron chi connectivity index (χ1n) is 8.92. The minimum absolute atomic E-state index is 0.114. The number of hydrogen-bond acceptors (Lipinski definition) is 5. The third-order valence-electron chi connectivity index (χ3n) is 4.54. The first-order valence-corrected chi connectivity index (χ1v) is 8.92. The fourth-order valence-electron chi connectivity index (χ4n) is 3.41. The molecule has 6 nitrogen and oxygen atoms in total. The largest absolute Gasteiger partial charge is 0.384 e. The number of hydrogen-bond donors (Lipinski definition) is 2. The van der Waals surface area contributed by atoms with Crippen molar-refractivity contribution in [1.82, 2.24) is 5.32 Å². The lowest BCUT2D eigenvalue weighted by molar-refractivity contribution is -0.129. The number of aliphatic hydroxyl groups is 1. The maximum Gasteiger partial charge on any atom is 0.266 e. The van der Waals surface area contributed by atoms with E-state index in [2.05, 4.69) is 22.0 Å². The van der Waals surface area contributed by atoms with Crippen LogP contribution in [0.3, 0.4) is 0 Å². The van der Waals surface area contributed by atoms with Crippen LogP contribution in [0.4, 0.5) is 25.8 Å². The molecule has 27 heavy (non-hydrogen) atoms. The van der Waals surface area contributed by atoms with Crippen molar-refractivity contribution in [2.24, 2.45) is 15.9 Å². The molecule has 1 unspecified atom stereocenters. The smallest absolute Gasteiger partial charge is 0.266 e. The van der Waals surface area contributed by atoms with Crippen molar-refractivity contribution < 1.29 is 18.7 Å². The highest BCUT2D eigenvalue weighted by molar-refractivity contribution is 5.85. The lowest BCUT2D eigenvalue weighted by Gasteiger charge is -2.39. The molecule has 0 aliphatic carbocycles. The number of carbonyl (C=O) groups excluding carboxylic acids is 1. The Bertz CT molecular complexity index is 722. The summed E-state index contributed by atoms with van der Waals surface area (Å²) in [5.41, 5.74) is 0.879. The van der Waals surface area contributed by atoms with E-state index in [1.807, 2.05) is 11.8 Å². The summed E-state index contributed by atoms with van der Waals surface area (Å²) in [6.07, 6.45) is -1.54. The average Bonchev–Trinajstić information content (AvgIpc) is 2.60. The Morgan fingerprint density at radius 3 is 2.67 bits per heavy atom. The number of nitrogens with zero attached hydrogens (tertiary/aromatic N) is 3. The van der Waals surface area contributed by atoms with E-state index in [-0.39, 0.29) is 23.2 Å². The summed E-state index contributed by atoms with van der Waals surface area (Å²) < 4.78 is 26.7. The van der Waals surface area contributed by atoms with Gasteiger partial charge >= 0.3 is 0 Å². The normalized spacial score (nSPS) is 21.5. The number of benzene rings is 1. The Morgan fingerprint density at radius 2 is 2.11 bits per heavy atom. The van der Waals surface area contributed by atoms with E-state index < -0.39 is 18.4 Å². The fourth-order valence-corrected chi connectivity index (χ4v) is 3.41. The van der Waals surface area contributed by atoms with Crippen molar-refractivity contribution in [3.8, 4) is 0 Å². The number of aliphatic hydroxyl groups excluding tert-OH is 1. The molecular weight excluding hydrogens is 354 g/mol. The molecule has 8 heteroatoms. The summed E-state index contributed by atoms with van der Waals surface area (Å²) in [6.45, 7) is 9.82. The number of alkyl halides is 2. The summed E-state index contributed by atoms with van der Waals surface area (Å²) in [5.74, 6) is -0.177. The van der Waals surface area contributed by atoms with Crippen LogP contribution in [-0.4, -0.2) is 49.2 Å². The second-order valence-electron chi connectivity index (χ2n) is 6.84. The molecule has 1 saturated heterocycles. The molecule has 2 N–H and O–H groups in total. The molecule has 1 heterocycles. The number of nitrogens with one attached hydrogen (secondary N) is 1. The Balaban J connectivity index is 2.39. The van der Waals surface area contributed by atoms with Gasteiger partial charge in [-0.25, -0.2) is 8.78 Å². The molecule has 0 aromatic heterocycles. The summed E-state index contributed by atoms with van der Waals surface area (Å²) in [7, 11) is 0. The van der Waals surface area contributed by atoms with Crippen molar-refractivity contribution in [3.63, 3.8) is 0 Å². The minimum atomic E-state index is -2.67. The highest BCUT2D eigenvalue weighted by Crippen LogP contribution is 2.44. The molecule has 3 atom stereocenters. The maximum atomic E-state index is 13.4. The zero-order chi connectivity index (χ0) is 20.1. The number of piperidine rings is 1. The zero-order valence-electron chi connectivity index (χ0n) is 15.8. The summed E-state index contributed by atoms with van der Waals surface area (Å²) in [6, 6.07) is 2.80. The van der Waals surface area contributed by atoms with E-state index in [0.717, 1.165) is 6.42 Å². The van der Waals surface area contributed by atoms with Gasteiger partial charge in [0.25, 0.3) is 6.43 Å². The molecule has 1 aliphatic heterocycles. The van der Waals surface area contributed by atoms with Gasteiger partial charge in [-0.05, 0) is 45.0 Å². The Kier molecular flexibility index (Phi) is 7.01. The monoisotopic (exact) mass is 380 g/mol. The average molecular weight is 380 g/mol. The quantitative estimate of drug-likeness (QED) is 0.743. The van der Waals surface area contributed by atoms with Crippen molar-refractivity contribution in [3.05, 3.63) is 17.7 Å². The highest BCUT2D eigenvalue weighted by Gasteiger charge is 2.29. The molecular formula is C19H26F2N4O2. The van der Waals surface area contributed by atoms with Crippen LogP contribution in [0.25, 0.3) is 0 Å². The first kappa shape index (κ1) is 21.0. The predicted octanol–water partition coefficient (Wildman–Crippen LogP) is 3.39. The molecule has 1 aromatic rings. The Morgan fingerprint density at radius 1 is 1.41 bits per heavy atom. The molecule has 1 fully saturated rings. The molecule has 2 rings (SSSR count). The standard InChI is InChI=1S/C19H26F2N4O2/c1-5-23-16-14(18(20)21)6-7-15(17(16)22-4)25-9-11(2)8-13(10-25)24-19(27)12(3)26/h5-7,11-13,18,26H,4,8-10H2,1-3H3,(H,24,27)/t11-,12?,13+/m0/s1. The molecule has 0 bridgehead atoms. The highest BCUT2D eigenvalue weighted by atomic mass is 19.3. The van der Waals surface area contributed by atoms with E-state index in [1.54, 1.807) is 13.0 Å². The number of amides is 1. The third-order valence-corrected chi connectivity index (χ3v) is 4.54. The maximum absolute atomic E-state index is 13.4. The van der Waals surface area contributed by atoms with Gasteiger partial charge in [-0.1, -0.05) is 6.92 Å². The predicted molar refractivity (Wildman–Crippen MR) is 104 cm³/mol. The molecule has 1 aromatic carbocycles. The van der Waals surface area contributed by atoms with Crippen LogP contribution < -0.4 is 10.2 Å². The van der Waals surface area contributed by atoms with E-state index in [4.69, 9.17) is 0 Å². The van der Waals surface area contributed by atoms with Gasteiger partial charge in [-0.15, -0.1) is 0 Å². The van der Waals surface area contributed by atoms with Gasteiger partial charge < -0.3 is 15.3 Å². The lowest BCUT2D eigenvalue weighted by atomic mass is 9.94. The first-order chi connectivity index (χ1) is 12.8. The minimum Gasteiger partial charge on any atom is -0.384 e. The summed E-state index contributed by atoms with van der Waals surface area (Å²) >= 11 is 0. The van der Waals surface area contributed by atoms with Gasteiger partial charge in [0.15, 0.2) is 0 Å². The fraction of sp³-hybridized carbons (Fsp3) is 0.526. The molecule has 1 amide bonds. The molecule has 0 radical (unpaired) electrons. The SMILES string of the molecule is C=Nc1c(N2C[C@@H](C)C[C@@H](NC(=O)C(C)O)C2)ccc(C(F)F)c1N=CC. The second kappa shape index (κ2) is 9.03. The van der Waals surface area contributed by atoms with Crippen LogP contribution in [0.1, 0.15) is 39.2 Å². The molecule has 0 spiro atoms. The van der Waals surface area contributed by atoms with Gasteiger partial charge in [0.05, 0.1) is 11.4 Å². The van der Waals surface area contributed by atoms with Crippen LogP contribution in [0, 0.1) is 5.92 Å². The Hall–Kier alpha value is -2.35. The van der Waals surface area contributed by atoms with Crippen molar-refractivity contribution >= 4 is 35.9 Å². The van der Waals surface area contributed by atoms with Crippen LogP contribution in [0.2, 0.25) is 0 Å². The molecule has 1 aliphatic rings. The van der Waals surface area contributed by atoms with Crippen LogP contribution >= 0.6 is 0 Å². The van der Waals surface area contributed by atoms with Crippen molar-refractivity contribution in [2.45, 2.75) is 45.8 Å². The molecule has 0 saturated carbocycles. The number of carbonyl (C=O) groups is 1. The van der Waals surface area contributed by atoms with Gasteiger partial charge in [0.2, 0.25) is 5.91 Å². The lowest BCUT2D eigenvalue weighted by Crippen LogP contribution is -2.52. The van der Waals surface area contributed by atoms with Crippen LogP contribution in [0.15, 0.2) is 22.1 Å². The van der Waals surface area contributed by atoms with Crippen molar-refractivity contribution in [2.75, 3.05) is 18.0 Å². The van der Waals surface area contributed by atoms with Crippen LogP contribution in [0.5, 0.6) is 0 Å². The van der Waals surface area contributed by atoms with Crippen molar-refractivity contribution in [1.29, 1.82) is 0 Å². The van der Waals surface area contributed by atoms with E-state index in [1.165, 1.54) is 19.2 Å². The van der Waals surface area contributed by atoms with Crippen LogP contribution in [-0.2, 0) is 4.79 Å². The number of anilines is 1. The van der Waals surface area contributed by atoms with E-state index >= 15 is 0 Å². The summed E-state index contributed by atoms with van der Waals surface area (Å²) in [4.78, 5) is 21.9. The van der Waals surface area contributed by atoms with Gasteiger partial charge in [0.1, 0.15) is 11.8 Å².